The van der Waals surface area contributed by atoms with Crippen LogP contribution in [0, 0.1) is 6.92 Å². The normalized spacial score (nSPS) is 12.2. The van der Waals surface area contributed by atoms with Gasteiger partial charge in [0, 0.05) is 10.7 Å². The third-order valence-corrected chi connectivity index (χ3v) is 4.87. The van der Waals surface area contributed by atoms with Gasteiger partial charge in [0.1, 0.15) is 6.17 Å². The SMILES string of the molecule is Cc1ccccc1NC(=S)N[C@H](NC(=O)c1ccc(Cl)cc1Cl)C(Cl)(Cl)Cl. The Morgan fingerprint density at radius 1 is 1.07 bits per heavy atom. The van der Waals surface area contributed by atoms with E-state index >= 15 is 0 Å². The maximum atomic E-state index is 12.5. The molecule has 2 aromatic carbocycles. The van der Waals surface area contributed by atoms with Gasteiger partial charge in [0.2, 0.25) is 3.79 Å². The third-order valence-electron chi connectivity index (χ3n) is 3.45. The first-order valence-electron chi connectivity index (χ1n) is 7.53. The van der Waals surface area contributed by atoms with Crippen LogP contribution >= 0.6 is 70.2 Å². The first-order chi connectivity index (χ1) is 12.6. The summed E-state index contributed by atoms with van der Waals surface area (Å²) in [6, 6.07) is 12.0. The fourth-order valence-electron chi connectivity index (χ4n) is 2.08. The van der Waals surface area contributed by atoms with Crippen LogP contribution in [0.5, 0.6) is 0 Å². The molecule has 0 saturated heterocycles. The fraction of sp³-hybridized carbons (Fsp3) is 0.176. The topological polar surface area (TPSA) is 53.2 Å². The van der Waals surface area contributed by atoms with E-state index in [4.69, 9.17) is 70.2 Å². The number of halogens is 5. The van der Waals surface area contributed by atoms with Crippen LogP contribution in [0.25, 0.3) is 0 Å². The minimum absolute atomic E-state index is 0.170. The summed E-state index contributed by atoms with van der Waals surface area (Å²) >= 11 is 35.1. The number of rotatable bonds is 4. The molecule has 0 aliphatic carbocycles. The lowest BCUT2D eigenvalue weighted by atomic mass is 10.2. The molecule has 2 aromatic rings. The van der Waals surface area contributed by atoms with Gasteiger partial charge in [-0.25, -0.2) is 0 Å². The quantitative estimate of drug-likeness (QED) is 0.295. The first-order valence-corrected chi connectivity index (χ1v) is 9.83. The van der Waals surface area contributed by atoms with Gasteiger partial charge in [0.15, 0.2) is 5.11 Å². The molecule has 0 aliphatic heterocycles. The zero-order chi connectivity index (χ0) is 20.2. The minimum Gasteiger partial charge on any atom is -0.339 e. The van der Waals surface area contributed by atoms with Crippen molar-refractivity contribution in [1.82, 2.24) is 10.6 Å². The average Bonchev–Trinajstić information content (AvgIpc) is 2.55. The lowest BCUT2D eigenvalue weighted by Gasteiger charge is -2.28. The third kappa shape index (κ3) is 6.56. The van der Waals surface area contributed by atoms with Crippen molar-refractivity contribution in [2.45, 2.75) is 16.9 Å². The summed E-state index contributed by atoms with van der Waals surface area (Å²) in [7, 11) is 0. The number of carbonyl (C=O) groups excluding carboxylic acids is 1. The highest BCUT2D eigenvalue weighted by Crippen LogP contribution is 2.30. The van der Waals surface area contributed by atoms with Crippen molar-refractivity contribution in [1.29, 1.82) is 0 Å². The molecule has 1 amide bonds. The molecule has 144 valence electrons. The number of para-hydroxylation sites is 1. The van der Waals surface area contributed by atoms with Crippen LogP contribution in [0.1, 0.15) is 15.9 Å². The Morgan fingerprint density at radius 3 is 2.33 bits per heavy atom. The van der Waals surface area contributed by atoms with Gasteiger partial charge in [0.25, 0.3) is 5.91 Å². The van der Waals surface area contributed by atoms with E-state index in [2.05, 4.69) is 16.0 Å². The molecule has 0 bridgehead atoms. The molecule has 4 nitrogen and oxygen atoms in total. The molecule has 0 saturated carbocycles. The van der Waals surface area contributed by atoms with Crippen molar-refractivity contribution in [3.63, 3.8) is 0 Å². The molecule has 0 radical (unpaired) electrons. The summed E-state index contributed by atoms with van der Waals surface area (Å²) in [6.45, 7) is 1.92. The Morgan fingerprint density at radius 2 is 1.74 bits per heavy atom. The van der Waals surface area contributed by atoms with Crippen LogP contribution in [-0.2, 0) is 0 Å². The number of thiocarbonyl (C=S) groups is 1. The Bertz CT molecular complexity index is 857. The van der Waals surface area contributed by atoms with Crippen molar-refractivity contribution in [2.24, 2.45) is 0 Å². The standard InChI is InChI=1S/C17H14Cl5N3OS/c1-9-4-2-3-5-13(9)23-16(27)25-15(17(20,21)22)24-14(26)11-7-6-10(18)8-12(11)19/h2-8,15H,1H3,(H,24,26)(H2,23,25,27)/t15-/m0/s1. The van der Waals surface area contributed by atoms with Crippen molar-refractivity contribution in [2.75, 3.05) is 5.32 Å². The Hall–Kier alpha value is -0.950. The second-order valence-electron chi connectivity index (χ2n) is 5.49. The van der Waals surface area contributed by atoms with Gasteiger partial charge < -0.3 is 16.0 Å². The van der Waals surface area contributed by atoms with Crippen molar-refractivity contribution < 1.29 is 4.79 Å². The van der Waals surface area contributed by atoms with Gasteiger partial charge in [-0.05, 0) is 49.0 Å². The molecule has 0 aromatic heterocycles. The van der Waals surface area contributed by atoms with Gasteiger partial charge in [-0.15, -0.1) is 0 Å². The Balaban J connectivity index is 2.12. The number of benzene rings is 2. The molecule has 0 unspecified atom stereocenters. The van der Waals surface area contributed by atoms with E-state index in [1.165, 1.54) is 18.2 Å². The monoisotopic (exact) mass is 483 g/mol. The molecule has 27 heavy (non-hydrogen) atoms. The van der Waals surface area contributed by atoms with Gasteiger partial charge in [-0.2, -0.15) is 0 Å². The molecule has 0 aliphatic rings. The molecule has 0 fully saturated rings. The van der Waals surface area contributed by atoms with Gasteiger partial charge in [-0.3, -0.25) is 4.79 Å². The van der Waals surface area contributed by atoms with Crippen LogP contribution in [0.2, 0.25) is 10.0 Å². The van der Waals surface area contributed by atoms with E-state index in [0.29, 0.717) is 5.02 Å². The minimum atomic E-state index is -1.88. The lowest BCUT2D eigenvalue weighted by Crippen LogP contribution is -2.56. The highest BCUT2D eigenvalue weighted by molar-refractivity contribution is 7.80. The van der Waals surface area contributed by atoms with Crippen LogP contribution in [0.15, 0.2) is 42.5 Å². The Labute approximate surface area is 187 Å². The van der Waals surface area contributed by atoms with Crippen molar-refractivity contribution in [3.8, 4) is 0 Å². The summed E-state index contributed by atoms with van der Waals surface area (Å²) in [6.07, 6.45) is -1.12. The zero-order valence-corrected chi connectivity index (χ0v) is 18.4. The van der Waals surface area contributed by atoms with E-state index in [-0.39, 0.29) is 15.7 Å². The van der Waals surface area contributed by atoms with Crippen molar-refractivity contribution in [3.05, 3.63) is 63.6 Å². The highest BCUT2D eigenvalue weighted by atomic mass is 35.6. The number of alkyl halides is 3. The first kappa shape index (κ1) is 22.3. The highest BCUT2D eigenvalue weighted by Gasteiger charge is 2.35. The summed E-state index contributed by atoms with van der Waals surface area (Å²) < 4.78 is -1.88. The van der Waals surface area contributed by atoms with Crippen LogP contribution in [-0.4, -0.2) is 21.0 Å². The number of hydrogen-bond acceptors (Lipinski definition) is 2. The smallest absolute Gasteiger partial charge is 0.254 e. The number of aryl methyl sites for hydroxylation is 1. The predicted molar refractivity (Wildman–Crippen MR) is 119 cm³/mol. The summed E-state index contributed by atoms with van der Waals surface area (Å²) in [5.74, 6) is -0.556. The van der Waals surface area contributed by atoms with Gasteiger partial charge >= 0.3 is 0 Å². The van der Waals surface area contributed by atoms with Gasteiger partial charge in [-0.1, -0.05) is 76.2 Å². The summed E-state index contributed by atoms with van der Waals surface area (Å²) in [5, 5.41) is 9.08. The zero-order valence-electron chi connectivity index (χ0n) is 13.8. The lowest BCUT2D eigenvalue weighted by molar-refractivity contribution is 0.0934. The number of nitrogens with one attached hydrogen (secondary N) is 3. The Kier molecular flexibility index (Phi) is 7.86. The molecular weight excluding hydrogens is 472 g/mol. The summed E-state index contributed by atoms with van der Waals surface area (Å²) in [4.78, 5) is 12.5. The van der Waals surface area contributed by atoms with Crippen LogP contribution < -0.4 is 16.0 Å². The molecule has 10 heteroatoms. The number of hydrogen-bond donors (Lipinski definition) is 3. The predicted octanol–water partition coefficient (Wildman–Crippen LogP) is 5.71. The number of carbonyl (C=O) groups is 1. The van der Waals surface area contributed by atoms with Crippen LogP contribution in [0.3, 0.4) is 0 Å². The number of amides is 1. The van der Waals surface area contributed by atoms with E-state index in [0.717, 1.165) is 11.3 Å². The molecular formula is C17H14Cl5N3OS. The molecule has 3 N–H and O–H groups in total. The largest absolute Gasteiger partial charge is 0.339 e. The number of anilines is 1. The second kappa shape index (κ2) is 9.50. The molecule has 1 atom stereocenters. The van der Waals surface area contributed by atoms with E-state index in [9.17, 15) is 4.79 Å². The van der Waals surface area contributed by atoms with E-state index in [1.807, 2.05) is 31.2 Å². The van der Waals surface area contributed by atoms with Crippen molar-refractivity contribution >= 4 is 86.9 Å². The second-order valence-corrected chi connectivity index (χ2v) is 9.11. The van der Waals surface area contributed by atoms with Crippen LogP contribution in [0.4, 0.5) is 5.69 Å². The van der Waals surface area contributed by atoms with Gasteiger partial charge in [0.05, 0.1) is 10.6 Å². The molecule has 0 spiro atoms. The average molecular weight is 486 g/mol. The fourth-order valence-corrected chi connectivity index (χ4v) is 3.13. The summed E-state index contributed by atoms with van der Waals surface area (Å²) in [5.41, 5.74) is 1.94. The van der Waals surface area contributed by atoms with E-state index < -0.39 is 15.9 Å². The molecule has 2 rings (SSSR count). The van der Waals surface area contributed by atoms with E-state index in [1.54, 1.807) is 0 Å². The molecule has 0 heterocycles. The maximum absolute atomic E-state index is 12.5. The maximum Gasteiger partial charge on any atom is 0.254 e.